The van der Waals surface area contributed by atoms with Gasteiger partial charge in [-0.3, -0.25) is 0 Å². The van der Waals surface area contributed by atoms with Crippen LogP contribution in [0.25, 0.3) is 0 Å². The summed E-state index contributed by atoms with van der Waals surface area (Å²) >= 11 is 0. The van der Waals surface area contributed by atoms with Crippen molar-refractivity contribution < 1.29 is 4.42 Å². The molecule has 0 radical (unpaired) electrons. The van der Waals surface area contributed by atoms with Crippen LogP contribution in [0.5, 0.6) is 0 Å². The monoisotopic (exact) mass is 253 g/mol. The summed E-state index contributed by atoms with van der Waals surface area (Å²) in [4.78, 5) is 4.58. The van der Waals surface area contributed by atoms with E-state index in [1.54, 1.807) is 6.26 Å². The van der Waals surface area contributed by atoms with Crippen LogP contribution in [0.15, 0.2) is 16.7 Å². The van der Waals surface area contributed by atoms with Crippen LogP contribution in [0.1, 0.15) is 24.7 Å². The summed E-state index contributed by atoms with van der Waals surface area (Å²) < 4.78 is 5.51. The summed E-state index contributed by atoms with van der Waals surface area (Å²) in [5, 5.41) is 3.30. The van der Waals surface area contributed by atoms with Crippen molar-refractivity contribution in [3.63, 3.8) is 0 Å². The molecule has 1 aromatic heterocycles. The molecule has 0 bridgehead atoms. The fraction of sp³-hybridized carbons (Fsp3) is 0.714. The molecule has 0 atom stereocenters. The summed E-state index contributed by atoms with van der Waals surface area (Å²) in [5.41, 5.74) is 1.29. The number of hydrogen-bond acceptors (Lipinski definition) is 4. The summed E-state index contributed by atoms with van der Waals surface area (Å²) in [5.74, 6) is 1.07. The Morgan fingerprint density at radius 3 is 2.67 bits per heavy atom. The Morgan fingerprint density at radius 2 is 2.00 bits per heavy atom. The third-order valence-corrected chi connectivity index (χ3v) is 2.96. The molecule has 0 saturated heterocycles. The molecular weight excluding hydrogens is 226 g/mol. The van der Waals surface area contributed by atoms with Gasteiger partial charge in [0.2, 0.25) is 0 Å². The van der Waals surface area contributed by atoms with Crippen LogP contribution in [0, 0.1) is 0 Å². The Balaban J connectivity index is 2.34. The van der Waals surface area contributed by atoms with Gasteiger partial charge in [-0.15, -0.1) is 0 Å². The van der Waals surface area contributed by atoms with Gasteiger partial charge in [0, 0.05) is 12.1 Å². The molecule has 0 aliphatic carbocycles. The third-order valence-electron chi connectivity index (χ3n) is 2.96. The van der Waals surface area contributed by atoms with Gasteiger partial charge in [-0.05, 0) is 53.3 Å². The molecule has 4 nitrogen and oxygen atoms in total. The molecule has 0 saturated carbocycles. The van der Waals surface area contributed by atoms with E-state index in [4.69, 9.17) is 4.42 Å². The van der Waals surface area contributed by atoms with E-state index >= 15 is 0 Å². The number of nitrogens with zero attached hydrogens (tertiary/aromatic N) is 2. The zero-order valence-electron chi connectivity index (χ0n) is 12.2. The van der Waals surface area contributed by atoms with E-state index in [1.807, 2.05) is 0 Å². The normalized spacial score (nSPS) is 11.7. The average molecular weight is 253 g/mol. The van der Waals surface area contributed by atoms with E-state index in [1.165, 1.54) is 12.0 Å². The van der Waals surface area contributed by atoms with Gasteiger partial charge < -0.3 is 19.5 Å². The molecule has 1 N–H and O–H groups in total. The molecule has 0 aliphatic rings. The highest BCUT2D eigenvalue weighted by atomic mass is 16.3. The Labute approximate surface area is 111 Å². The molecule has 0 spiro atoms. The second-order valence-corrected chi connectivity index (χ2v) is 5.04. The van der Waals surface area contributed by atoms with Crippen LogP contribution in [-0.2, 0) is 13.1 Å². The summed E-state index contributed by atoms with van der Waals surface area (Å²) in [7, 11) is 6.40. The molecule has 1 rings (SSSR count). The molecule has 1 aromatic rings. The first-order valence-corrected chi connectivity index (χ1v) is 6.72. The number of hydrogen-bond donors (Lipinski definition) is 1. The Morgan fingerprint density at radius 1 is 1.22 bits per heavy atom. The second kappa shape index (κ2) is 8.29. The lowest BCUT2D eigenvalue weighted by molar-refractivity contribution is 0.292. The fourth-order valence-corrected chi connectivity index (χ4v) is 1.93. The molecule has 0 fully saturated rings. The topological polar surface area (TPSA) is 31.7 Å². The predicted octanol–water partition coefficient (Wildman–Crippen LogP) is 1.77. The van der Waals surface area contributed by atoms with E-state index in [2.05, 4.69) is 49.2 Å². The van der Waals surface area contributed by atoms with Crippen LogP contribution in [0.2, 0.25) is 0 Å². The first-order chi connectivity index (χ1) is 8.63. The molecule has 18 heavy (non-hydrogen) atoms. The highest BCUT2D eigenvalue weighted by molar-refractivity contribution is 5.16. The zero-order chi connectivity index (χ0) is 13.4. The molecular formula is C14H27N3O. The van der Waals surface area contributed by atoms with E-state index in [0.717, 1.165) is 38.5 Å². The predicted molar refractivity (Wildman–Crippen MR) is 75.6 cm³/mol. The lowest BCUT2D eigenvalue weighted by Gasteiger charge is -2.18. The first kappa shape index (κ1) is 15.2. The maximum atomic E-state index is 5.51. The van der Waals surface area contributed by atoms with Crippen LogP contribution >= 0.6 is 0 Å². The van der Waals surface area contributed by atoms with Crippen molar-refractivity contribution in [2.75, 3.05) is 40.8 Å². The molecule has 104 valence electrons. The Bertz CT molecular complexity index is 323. The number of nitrogens with one attached hydrogen (secondary N) is 1. The summed E-state index contributed by atoms with van der Waals surface area (Å²) in [6, 6.07) is 2.08. The lowest BCUT2D eigenvalue weighted by Crippen LogP contribution is -2.24. The Hall–Kier alpha value is -0.840. The van der Waals surface area contributed by atoms with E-state index in [0.29, 0.717) is 0 Å². The van der Waals surface area contributed by atoms with Crippen molar-refractivity contribution in [2.45, 2.75) is 26.4 Å². The highest BCUT2D eigenvalue weighted by Crippen LogP contribution is 2.12. The molecule has 0 aromatic carbocycles. The second-order valence-electron chi connectivity index (χ2n) is 5.04. The Kier molecular flexibility index (Phi) is 7.01. The van der Waals surface area contributed by atoms with Crippen molar-refractivity contribution in [1.82, 2.24) is 15.1 Å². The summed E-state index contributed by atoms with van der Waals surface area (Å²) in [6.45, 7) is 7.12. The molecule has 4 heteroatoms. The van der Waals surface area contributed by atoms with Gasteiger partial charge in [-0.2, -0.15) is 0 Å². The van der Waals surface area contributed by atoms with Crippen molar-refractivity contribution in [2.24, 2.45) is 0 Å². The minimum atomic E-state index is 0.824. The van der Waals surface area contributed by atoms with Gasteiger partial charge in [0.25, 0.3) is 0 Å². The molecule has 0 aliphatic heterocycles. The van der Waals surface area contributed by atoms with Gasteiger partial charge >= 0.3 is 0 Å². The van der Waals surface area contributed by atoms with Crippen LogP contribution < -0.4 is 5.32 Å². The van der Waals surface area contributed by atoms with Crippen molar-refractivity contribution >= 4 is 0 Å². The van der Waals surface area contributed by atoms with Gasteiger partial charge in [-0.1, -0.05) is 6.92 Å². The van der Waals surface area contributed by atoms with Gasteiger partial charge in [0.1, 0.15) is 5.76 Å². The van der Waals surface area contributed by atoms with Crippen LogP contribution in [0.3, 0.4) is 0 Å². The van der Waals surface area contributed by atoms with E-state index < -0.39 is 0 Å². The maximum Gasteiger partial charge on any atom is 0.122 e. The van der Waals surface area contributed by atoms with Crippen molar-refractivity contribution in [3.8, 4) is 0 Å². The van der Waals surface area contributed by atoms with Crippen LogP contribution in [-0.4, -0.2) is 50.6 Å². The van der Waals surface area contributed by atoms with E-state index in [9.17, 15) is 0 Å². The highest BCUT2D eigenvalue weighted by Gasteiger charge is 2.08. The smallest absolute Gasteiger partial charge is 0.122 e. The fourth-order valence-electron chi connectivity index (χ4n) is 1.93. The first-order valence-electron chi connectivity index (χ1n) is 6.72. The van der Waals surface area contributed by atoms with Gasteiger partial charge in [-0.25, -0.2) is 0 Å². The van der Waals surface area contributed by atoms with E-state index in [-0.39, 0.29) is 0 Å². The SMILES string of the molecule is CCNCc1occc1CN(C)CCCN(C)C. The average Bonchev–Trinajstić information content (AvgIpc) is 2.73. The molecule has 1 heterocycles. The van der Waals surface area contributed by atoms with Crippen molar-refractivity contribution in [1.29, 1.82) is 0 Å². The minimum absolute atomic E-state index is 0.824. The molecule has 0 amide bonds. The number of furan rings is 1. The van der Waals surface area contributed by atoms with Crippen molar-refractivity contribution in [3.05, 3.63) is 23.7 Å². The minimum Gasteiger partial charge on any atom is -0.468 e. The maximum absolute atomic E-state index is 5.51. The van der Waals surface area contributed by atoms with Gasteiger partial charge in [0.15, 0.2) is 0 Å². The zero-order valence-corrected chi connectivity index (χ0v) is 12.2. The van der Waals surface area contributed by atoms with Crippen LogP contribution in [0.4, 0.5) is 0 Å². The number of rotatable bonds is 9. The summed E-state index contributed by atoms with van der Waals surface area (Å²) in [6.07, 6.45) is 2.99. The third kappa shape index (κ3) is 5.67. The largest absolute Gasteiger partial charge is 0.468 e. The standard InChI is InChI=1S/C14H27N3O/c1-5-15-11-14-13(7-10-18-14)12-17(4)9-6-8-16(2)3/h7,10,15H,5-6,8-9,11-12H2,1-4H3. The lowest BCUT2D eigenvalue weighted by atomic mass is 10.2. The molecule has 0 unspecified atom stereocenters. The van der Waals surface area contributed by atoms with Gasteiger partial charge in [0.05, 0.1) is 12.8 Å². The quantitative estimate of drug-likeness (QED) is 0.727.